The summed E-state index contributed by atoms with van der Waals surface area (Å²) in [6.07, 6.45) is 0. The number of hydrogen-bond acceptors (Lipinski definition) is 2. The Bertz CT molecular complexity index is 403. The standard InChI is InChI=1S/C10H9OS/c1-7-3-4-10-8(5-7)9(11-2)6-12-10/h3-6H,1H2,2H3. The summed E-state index contributed by atoms with van der Waals surface area (Å²) in [7, 11) is 1.69. The van der Waals surface area contributed by atoms with Crippen molar-refractivity contribution in [3.63, 3.8) is 0 Å². The minimum atomic E-state index is 0.945. The van der Waals surface area contributed by atoms with Crippen LogP contribution in [-0.2, 0) is 0 Å². The summed E-state index contributed by atoms with van der Waals surface area (Å²) in [5, 5.41) is 3.18. The largest absolute Gasteiger partial charge is 0.495 e. The number of benzene rings is 1. The predicted molar refractivity (Wildman–Crippen MR) is 52.8 cm³/mol. The van der Waals surface area contributed by atoms with Gasteiger partial charge in [0.2, 0.25) is 0 Å². The minimum absolute atomic E-state index is 0.945. The van der Waals surface area contributed by atoms with Crippen LogP contribution in [0.5, 0.6) is 5.75 Å². The molecule has 0 spiro atoms. The van der Waals surface area contributed by atoms with E-state index in [-0.39, 0.29) is 0 Å². The molecule has 61 valence electrons. The molecule has 0 N–H and O–H groups in total. The van der Waals surface area contributed by atoms with E-state index in [1.54, 1.807) is 18.4 Å². The summed E-state index contributed by atoms with van der Waals surface area (Å²) in [5.74, 6) is 0.945. The molecule has 0 amide bonds. The maximum atomic E-state index is 5.21. The van der Waals surface area contributed by atoms with E-state index in [1.165, 1.54) is 4.70 Å². The summed E-state index contributed by atoms with van der Waals surface area (Å²) in [6, 6.07) is 6.13. The van der Waals surface area contributed by atoms with Crippen LogP contribution in [0.1, 0.15) is 5.56 Å². The van der Waals surface area contributed by atoms with Crippen LogP contribution >= 0.6 is 11.3 Å². The van der Waals surface area contributed by atoms with Gasteiger partial charge in [0.15, 0.2) is 0 Å². The zero-order chi connectivity index (χ0) is 8.55. The third kappa shape index (κ3) is 1.08. The first-order valence-corrected chi connectivity index (χ1v) is 4.56. The van der Waals surface area contributed by atoms with Crippen molar-refractivity contribution in [2.45, 2.75) is 0 Å². The Morgan fingerprint density at radius 2 is 2.25 bits per heavy atom. The first kappa shape index (κ1) is 7.62. The molecule has 0 fully saturated rings. The molecule has 2 aromatic rings. The summed E-state index contributed by atoms with van der Waals surface area (Å²) < 4.78 is 6.45. The van der Waals surface area contributed by atoms with Crippen molar-refractivity contribution in [1.82, 2.24) is 0 Å². The van der Waals surface area contributed by atoms with E-state index in [0.717, 1.165) is 16.7 Å². The van der Waals surface area contributed by atoms with Gasteiger partial charge >= 0.3 is 0 Å². The maximum absolute atomic E-state index is 5.21. The Morgan fingerprint density at radius 3 is 3.00 bits per heavy atom. The zero-order valence-electron chi connectivity index (χ0n) is 6.83. The van der Waals surface area contributed by atoms with Gasteiger partial charge in [-0.15, -0.1) is 11.3 Å². The topological polar surface area (TPSA) is 9.23 Å². The Hall–Kier alpha value is -1.02. The van der Waals surface area contributed by atoms with Gasteiger partial charge in [-0.1, -0.05) is 6.07 Å². The molecule has 1 aromatic heterocycles. The third-order valence-electron chi connectivity index (χ3n) is 1.82. The Labute approximate surface area is 75.6 Å². The molecule has 0 saturated heterocycles. The molecular formula is C10H9OS. The molecule has 0 unspecified atom stereocenters. The molecule has 1 radical (unpaired) electrons. The number of rotatable bonds is 1. The van der Waals surface area contributed by atoms with Gasteiger partial charge in [0, 0.05) is 15.5 Å². The van der Waals surface area contributed by atoms with Crippen LogP contribution in [0.3, 0.4) is 0 Å². The molecule has 12 heavy (non-hydrogen) atoms. The van der Waals surface area contributed by atoms with E-state index >= 15 is 0 Å². The molecule has 0 aliphatic carbocycles. The summed E-state index contributed by atoms with van der Waals surface area (Å²) in [6.45, 7) is 3.87. The quantitative estimate of drug-likeness (QED) is 0.650. The number of methoxy groups -OCH3 is 1. The molecule has 0 bridgehead atoms. The second kappa shape index (κ2) is 2.79. The lowest BCUT2D eigenvalue weighted by Gasteiger charge is -1.96. The Balaban J connectivity index is 2.75. The van der Waals surface area contributed by atoms with Crippen molar-refractivity contribution in [1.29, 1.82) is 0 Å². The fraction of sp³-hybridized carbons (Fsp3) is 0.100. The Kier molecular flexibility index (Phi) is 1.77. The molecular weight excluding hydrogens is 168 g/mol. The van der Waals surface area contributed by atoms with Crippen molar-refractivity contribution in [3.05, 3.63) is 36.1 Å². The molecule has 1 aromatic carbocycles. The lowest BCUT2D eigenvalue weighted by atomic mass is 10.2. The van der Waals surface area contributed by atoms with Crippen LogP contribution in [-0.4, -0.2) is 7.11 Å². The SMILES string of the molecule is [CH2]c1ccc2scc(OC)c2c1. The van der Waals surface area contributed by atoms with E-state index in [9.17, 15) is 0 Å². The first-order chi connectivity index (χ1) is 5.81. The average molecular weight is 177 g/mol. The van der Waals surface area contributed by atoms with Gasteiger partial charge in [0.1, 0.15) is 5.75 Å². The number of fused-ring (bicyclic) bond motifs is 1. The molecule has 2 heteroatoms. The smallest absolute Gasteiger partial charge is 0.137 e. The maximum Gasteiger partial charge on any atom is 0.137 e. The van der Waals surface area contributed by atoms with Crippen molar-refractivity contribution in [2.24, 2.45) is 0 Å². The summed E-state index contributed by atoms with van der Waals surface area (Å²) in [5.41, 5.74) is 1.03. The van der Waals surface area contributed by atoms with Gasteiger partial charge in [-0.2, -0.15) is 0 Å². The van der Waals surface area contributed by atoms with E-state index in [1.807, 2.05) is 17.5 Å². The van der Waals surface area contributed by atoms with Crippen molar-refractivity contribution in [2.75, 3.05) is 7.11 Å². The first-order valence-electron chi connectivity index (χ1n) is 3.68. The molecule has 0 atom stereocenters. The van der Waals surface area contributed by atoms with Gasteiger partial charge in [-0.3, -0.25) is 0 Å². The molecule has 0 aliphatic rings. The summed E-state index contributed by atoms with van der Waals surface area (Å²) in [4.78, 5) is 0. The highest BCUT2D eigenvalue weighted by atomic mass is 32.1. The fourth-order valence-electron chi connectivity index (χ4n) is 1.21. The van der Waals surface area contributed by atoms with E-state index in [4.69, 9.17) is 4.74 Å². The average Bonchev–Trinajstić information content (AvgIpc) is 2.46. The van der Waals surface area contributed by atoms with Crippen molar-refractivity contribution >= 4 is 21.4 Å². The molecule has 2 rings (SSSR count). The minimum Gasteiger partial charge on any atom is -0.495 e. The molecule has 1 heterocycles. The van der Waals surface area contributed by atoms with Crippen LogP contribution in [0, 0.1) is 6.92 Å². The van der Waals surface area contributed by atoms with Crippen molar-refractivity contribution in [3.8, 4) is 5.75 Å². The van der Waals surface area contributed by atoms with Gasteiger partial charge in [-0.25, -0.2) is 0 Å². The third-order valence-corrected chi connectivity index (χ3v) is 2.76. The van der Waals surface area contributed by atoms with Crippen LogP contribution in [0.25, 0.3) is 10.1 Å². The Morgan fingerprint density at radius 1 is 1.42 bits per heavy atom. The van der Waals surface area contributed by atoms with Crippen LogP contribution in [0.2, 0.25) is 0 Å². The van der Waals surface area contributed by atoms with Gasteiger partial charge in [-0.05, 0) is 24.6 Å². The normalized spacial score (nSPS) is 10.5. The second-order valence-electron chi connectivity index (χ2n) is 2.63. The fourth-order valence-corrected chi connectivity index (χ4v) is 2.10. The number of hydrogen-bond donors (Lipinski definition) is 0. The van der Waals surface area contributed by atoms with Gasteiger partial charge in [0.25, 0.3) is 0 Å². The highest BCUT2D eigenvalue weighted by molar-refractivity contribution is 7.17. The monoisotopic (exact) mass is 177 g/mol. The second-order valence-corrected chi connectivity index (χ2v) is 3.55. The zero-order valence-corrected chi connectivity index (χ0v) is 7.65. The molecule has 0 aliphatic heterocycles. The van der Waals surface area contributed by atoms with Crippen LogP contribution < -0.4 is 4.74 Å². The summed E-state index contributed by atoms with van der Waals surface area (Å²) >= 11 is 1.69. The van der Waals surface area contributed by atoms with Gasteiger partial charge < -0.3 is 4.74 Å². The lowest BCUT2D eigenvalue weighted by molar-refractivity contribution is 0.421. The van der Waals surface area contributed by atoms with Gasteiger partial charge in [0.05, 0.1) is 7.11 Å². The number of thiophene rings is 1. The molecule has 1 nitrogen and oxygen atoms in total. The predicted octanol–water partition coefficient (Wildman–Crippen LogP) is 3.09. The van der Waals surface area contributed by atoms with Crippen molar-refractivity contribution < 1.29 is 4.74 Å². The van der Waals surface area contributed by atoms with E-state index in [2.05, 4.69) is 13.0 Å². The van der Waals surface area contributed by atoms with E-state index < -0.39 is 0 Å². The highest BCUT2D eigenvalue weighted by Gasteiger charge is 2.02. The molecule has 0 saturated carbocycles. The van der Waals surface area contributed by atoms with E-state index in [0.29, 0.717) is 0 Å². The lowest BCUT2D eigenvalue weighted by Crippen LogP contribution is -1.79. The van der Waals surface area contributed by atoms with Crippen LogP contribution in [0.4, 0.5) is 0 Å². The highest BCUT2D eigenvalue weighted by Crippen LogP contribution is 2.32. The van der Waals surface area contributed by atoms with Crippen LogP contribution in [0.15, 0.2) is 23.6 Å². The number of ether oxygens (including phenoxy) is 1.